The highest BCUT2D eigenvalue weighted by Crippen LogP contribution is 2.39. The van der Waals surface area contributed by atoms with E-state index in [0.29, 0.717) is 11.4 Å². The molecule has 0 aliphatic heterocycles. The number of methoxy groups -OCH3 is 2. The molecule has 0 radical (unpaired) electrons. The third kappa shape index (κ3) is 3.10. The highest BCUT2D eigenvalue weighted by atomic mass is 16.5. The van der Waals surface area contributed by atoms with Crippen molar-refractivity contribution in [3.8, 4) is 5.88 Å². The van der Waals surface area contributed by atoms with Crippen molar-refractivity contribution in [2.45, 2.75) is 32.2 Å². The first-order chi connectivity index (χ1) is 10.0. The van der Waals surface area contributed by atoms with Crippen LogP contribution in [0.5, 0.6) is 5.88 Å². The lowest BCUT2D eigenvalue weighted by Gasteiger charge is -2.30. The molecule has 2 atom stereocenters. The van der Waals surface area contributed by atoms with Gasteiger partial charge in [-0.2, -0.15) is 4.98 Å². The van der Waals surface area contributed by atoms with Crippen LogP contribution in [0, 0.1) is 5.41 Å². The molecule has 0 aromatic carbocycles. The van der Waals surface area contributed by atoms with Gasteiger partial charge in [0.05, 0.1) is 20.8 Å². The van der Waals surface area contributed by atoms with Gasteiger partial charge in [0.2, 0.25) is 5.88 Å². The number of carbonyl (C=O) groups excluding carboxylic acids is 1. The van der Waals surface area contributed by atoms with E-state index >= 15 is 0 Å². The largest absolute Gasteiger partial charge is 0.480 e. The summed E-state index contributed by atoms with van der Waals surface area (Å²) in [6.07, 6.45) is 3.05. The minimum atomic E-state index is -0.480. The van der Waals surface area contributed by atoms with Crippen LogP contribution < -0.4 is 10.1 Å². The van der Waals surface area contributed by atoms with E-state index in [1.54, 1.807) is 12.1 Å². The molecule has 1 aromatic heterocycles. The summed E-state index contributed by atoms with van der Waals surface area (Å²) < 4.78 is 9.84. The number of aromatic nitrogens is 1. The smallest absolute Gasteiger partial charge is 0.343 e. The first-order valence-electron chi connectivity index (χ1n) is 7.05. The van der Waals surface area contributed by atoms with E-state index in [-0.39, 0.29) is 23.9 Å². The maximum absolute atomic E-state index is 11.6. The van der Waals surface area contributed by atoms with Crippen LogP contribution in [0.2, 0.25) is 0 Å². The summed E-state index contributed by atoms with van der Waals surface area (Å²) in [4.78, 5) is 15.9. The molecule has 2 rings (SSSR count). The summed E-state index contributed by atoms with van der Waals surface area (Å²) in [7, 11) is 2.78. The average Bonchev–Trinajstić information content (AvgIpc) is 2.88. The van der Waals surface area contributed by atoms with Crippen LogP contribution in [0.3, 0.4) is 0 Å². The molecule has 0 spiro atoms. The van der Waals surface area contributed by atoms with Gasteiger partial charge >= 0.3 is 5.97 Å². The molecule has 6 nitrogen and oxygen atoms in total. The Kier molecular flexibility index (Phi) is 4.67. The standard InChI is InChI=1S/C15H22N2O4/c1-15(9-18)8-4-5-11(15)16-12-7-6-10(14(19)21-3)13(17-12)20-2/h6-7,11,18H,4-5,8-9H2,1-3H3,(H,16,17). The normalized spacial score (nSPS) is 24.7. The second-order valence-electron chi connectivity index (χ2n) is 5.65. The summed E-state index contributed by atoms with van der Waals surface area (Å²) in [5, 5.41) is 12.9. The van der Waals surface area contributed by atoms with Gasteiger partial charge in [0, 0.05) is 11.5 Å². The first-order valence-corrected chi connectivity index (χ1v) is 7.05. The van der Waals surface area contributed by atoms with Crippen LogP contribution in [0.25, 0.3) is 0 Å². The second kappa shape index (κ2) is 6.30. The molecule has 2 unspecified atom stereocenters. The van der Waals surface area contributed by atoms with Crippen LogP contribution >= 0.6 is 0 Å². The average molecular weight is 294 g/mol. The van der Waals surface area contributed by atoms with Crippen molar-refractivity contribution in [1.29, 1.82) is 0 Å². The Balaban J connectivity index is 2.20. The van der Waals surface area contributed by atoms with Crippen LogP contribution in [-0.2, 0) is 4.74 Å². The minimum Gasteiger partial charge on any atom is -0.480 e. The van der Waals surface area contributed by atoms with Gasteiger partial charge in [-0.05, 0) is 25.0 Å². The number of hydrogen-bond donors (Lipinski definition) is 2. The Bertz CT molecular complexity index is 520. The van der Waals surface area contributed by atoms with E-state index < -0.39 is 5.97 Å². The summed E-state index contributed by atoms with van der Waals surface area (Å²) >= 11 is 0. The zero-order valence-electron chi connectivity index (χ0n) is 12.7. The molecule has 0 bridgehead atoms. The monoisotopic (exact) mass is 294 g/mol. The molecule has 21 heavy (non-hydrogen) atoms. The Morgan fingerprint density at radius 1 is 1.52 bits per heavy atom. The molecule has 1 aromatic rings. The van der Waals surface area contributed by atoms with Gasteiger partial charge in [0.1, 0.15) is 11.4 Å². The Morgan fingerprint density at radius 3 is 2.90 bits per heavy atom. The fourth-order valence-electron chi connectivity index (χ4n) is 2.79. The Labute approximate surface area is 124 Å². The van der Waals surface area contributed by atoms with Gasteiger partial charge in [-0.15, -0.1) is 0 Å². The number of nitrogens with one attached hydrogen (secondary N) is 1. The number of hydrogen-bond acceptors (Lipinski definition) is 6. The van der Waals surface area contributed by atoms with Crippen LogP contribution in [0.15, 0.2) is 12.1 Å². The van der Waals surface area contributed by atoms with Crippen molar-refractivity contribution in [1.82, 2.24) is 4.98 Å². The quantitative estimate of drug-likeness (QED) is 0.807. The molecule has 2 N–H and O–H groups in total. The number of esters is 1. The zero-order chi connectivity index (χ0) is 15.5. The van der Waals surface area contributed by atoms with E-state index in [2.05, 4.69) is 17.2 Å². The predicted octanol–water partition coefficient (Wildman–Crippen LogP) is 1.84. The highest BCUT2D eigenvalue weighted by molar-refractivity contribution is 5.92. The van der Waals surface area contributed by atoms with Crippen LogP contribution in [-0.4, -0.2) is 42.9 Å². The molecular formula is C15H22N2O4. The third-order valence-corrected chi connectivity index (χ3v) is 4.22. The van der Waals surface area contributed by atoms with Gasteiger partial charge in [-0.1, -0.05) is 13.3 Å². The first kappa shape index (κ1) is 15.6. The molecule has 0 saturated heterocycles. The summed E-state index contributed by atoms with van der Waals surface area (Å²) in [6.45, 7) is 2.21. The number of aliphatic hydroxyl groups excluding tert-OH is 1. The molecule has 0 amide bonds. The molecule has 116 valence electrons. The molecule has 1 aliphatic rings. The molecular weight excluding hydrogens is 272 g/mol. The van der Waals surface area contributed by atoms with Gasteiger partial charge in [0.25, 0.3) is 0 Å². The Hall–Kier alpha value is -1.82. The molecule has 1 fully saturated rings. The van der Waals surface area contributed by atoms with Crippen molar-refractivity contribution >= 4 is 11.8 Å². The van der Waals surface area contributed by atoms with E-state index in [9.17, 15) is 9.90 Å². The van der Waals surface area contributed by atoms with Crippen molar-refractivity contribution in [3.63, 3.8) is 0 Å². The summed E-state index contributed by atoms with van der Waals surface area (Å²) in [6, 6.07) is 3.51. The predicted molar refractivity (Wildman–Crippen MR) is 78.6 cm³/mol. The lowest BCUT2D eigenvalue weighted by atomic mass is 9.86. The topological polar surface area (TPSA) is 80.7 Å². The number of ether oxygens (including phenoxy) is 2. The molecule has 6 heteroatoms. The maximum Gasteiger partial charge on any atom is 0.343 e. The van der Waals surface area contributed by atoms with Crippen LogP contribution in [0.4, 0.5) is 5.82 Å². The maximum atomic E-state index is 11.6. The number of aliphatic hydroxyl groups is 1. The fraction of sp³-hybridized carbons (Fsp3) is 0.600. The van der Waals surface area contributed by atoms with Gasteiger partial charge in [0.15, 0.2) is 0 Å². The number of pyridine rings is 1. The van der Waals surface area contributed by atoms with Gasteiger partial charge in [-0.25, -0.2) is 4.79 Å². The SMILES string of the molecule is COC(=O)c1ccc(NC2CCCC2(C)CO)nc1OC. The highest BCUT2D eigenvalue weighted by Gasteiger charge is 2.38. The van der Waals surface area contributed by atoms with Crippen LogP contribution in [0.1, 0.15) is 36.5 Å². The lowest BCUT2D eigenvalue weighted by Crippen LogP contribution is -2.36. The van der Waals surface area contributed by atoms with E-state index in [1.165, 1.54) is 14.2 Å². The summed E-state index contributed by atoms with van der Waals surface area (Å²) in [5.41, 5.74) is 0.150. The van der Waals surface area contributed by atoms with Gasteiger partial charge < -0.3 is 19.9 Å². The third-order valence-electron chi connectivity index (χ3n) is 4.22. The van der Waals surface area contributed by atoms with Crippen molar-refractivity contribution in [2.75, 3.05) is 26.1 Å². The summed E-state index contributed by atoms with van der Waals surface area (Å²) in [5.74, 6) is 0.383. The van der Waals surface area contributed by atoms with Gasteiger partial charge in [-0.3, -0.25) is 0 Å². The molecule has 1 heterocycles. The van der Waals surface area contributed by atoms with Crippen molar-refractivity contribution < 1.29 is 19.4 Å². The lowest BCUT2D eigenvalue weighted by molar-refractivity contribution is 0.0596. The molecule has 1 saturated carbocycles. The fourth-order valence-corrected chi connectivity index (χ4v) is 2.79. The number of nitrogens with zero attached hydrogens (tertiary/aromatic N) is 1. The Morgan fingerprint density at radius 2 is 2.29 bits per heavy atom. The van der Waals surface area contributed by atoms with E-state index in [4.69, 9.17) is 9.47 Å². The number of anilines is 1. The second-order valence-corrected chi connectivity index (χ2v) is 5.65. The molecule has 1 aliphatic carbocycles. The van der Waals surface area contributed by atoms with Crippen molar-refractivity contribution in [2.24, 2.45) is 5.41 Å². The number of rotatable bonds is 5. The van der Waals surface area contributed by atoms with E-state index in [1.807, 2.05) is 0 Å². The minimum absolute atomic E-state index is 0.141. The number of carbonyl (C=O) groups is 1. The van der Waals surface area contributed by atoms with E-state index in [0.717, 1.165) is 19.3 Å². The van der Waals surface area contributed by atoms with Crippen molar-refractivity contribution in [3.05, 3.63) is 17.7 Å². The zero-order valence-corrected chi connectivity index (χ0v) is 12.7.